The molecular formula is C21H30OSi. The summed E-state index contributed by atoms with van der Waals surface area (Å²) in [5.74, 6) is 1.00. The van der Waals surface area contributed by atoms with Crippen molar-refractivity contribution >= 4 is 19.1 Å². The maximum Gasteiger partial charge on any atom is 0.262 e. The molecule has 0 spiro atoms. The van der Waals surface area contributed by atoms with Gasteiger partial charge in [0.15, 0.2) is 0 Å². The smallest absolute Gasteiger partial charge is 0.262 e. The number of hydrogen-bond donors (Lipinski definition) is 0. The molecule has 0 heterocycles. The van der Waals surface area contributed by atoms with Gasteiger partial charge in [-0.15, -0.1) is 6.58 Å². The topological polar surface area (TPSA) is 9.23 Å². The molecule has 0 fully saturated rings. The number of benzene rings is 2. The van der Waals surface area contributed by atoms with Crippen LogP contribution in [0.4, 0.5) is 0 Å². The first-order valence-corrected chi connectivity index (χ1v) is 10.8. The summed E-state index contributed by atoms with van der Waals surface area (Å²) >= 11 is 0. The SMILES string of the molecule is C=CC(C)[Si](Oc1ccc2cc(C)ccc2c1)(C(C)C)C(C)C. The van der Waals surface area contributed by atoms with Crippen LogP contribution in [-0.2, 0) is 0 Å². The van der Waals surface area contributed by atoms with Crippen LogP contribution < -0.4 is 4.43 Å². The summed E-state index contributed by atoms with van der Waals surface area (Å²) < 4.78 is 6.78. The highest BCUT2D eigenvalue weighted by Gasteiger charge is 2.47. The van der Waals surface area contributed by atoms with Crippen molar-refractivity contribution in [1.29, 1.82) is 0 Å². The van der Waals surface area contributed by atoms with Gasteiger partial charge in [-0.3, -0.25) is 0 Å². The van der Waals surface area contributed by atoms with Crippen molar-refractivity contribution in [2.75, 3.05) is 0 Å². The lowest BCUT2D eigenvalue weighted by Crippen LogP contribution is -2.51. The molecule has 2 aromatic rings. The van der Waals surface area contributed by atoms with E-state index in [9.17, 15) is 0 Å². The van der Waals surface area contributed by atoms with Crippen molar-refractivity contribution in [3.05, 3.63) is 54.6 Å². The van der Waals surface area contributed by atoms with E-state index in [0.29, 0.717) is 16.6 Å². The van der Waals surface area contributed by atoms with Gasteiger partial charge in [-0.2, -0.15) is 0 Å². The maximum atomic E-state index is 6.78. The highest BCUT2D eigenvalue weighted by atomic mass is 28.4. The lowest BCUT2D eigenvalue weighted by atomic mass is 10.1. The van der Waals surface area contributed by atoms with Crippen LogP contribution in [0.25, 0.3) is 10.8 Å². The van der Waals surface area contributed by atoms with Crippen molar-refractivity contribution in [2.45, 2.75) is 58.2 Å². The molecule has 2 aromatic carbocycles. The molecule has 0 aromatic heterocycles. The normalized spacial score (nSPS) is 13.6. The van der Waals surface area contributed by atoms with Crippen molar-refractivity contribution in [2.24, 2.45) is 0 Å². The first-order valence-electron chi connectivity index (χ1n) is 8.63. The molecule has 1 atom stereocenters. The zero-order valence-corrected chi connectivity index (χ0v) is 16.4. The monoisotopic (exact) mass is 326 g/mol. The third-order valence-corrected chi connectivity index (χ3v) is 11.0. The second kappa shape index (κ2) is 6.92. The van der Waals surface area contributed by atoms with Crippen molar-refractivity contribution in [1.82, 2.24) is 0 Å². The summed E-state index contributed by atoms with van der Waals surface area (Å²) in [6.45, 7) is 17.7. The molecule has 0 N–H and O–H groups in total. The third-order valence-electron chi connectivity index (χ3n) is 5.13. The predicted molar refractivity (Wildman–Crippen MR) is 105 cm³/mol. The Morgan fingerprint density at radius 2 is 1.48 bits per heavy atom. The molecule has 124 valence electrons. The quantitative estimate of drug-likeness (QED) is 0.416. The van der Waals surface area contributed by atoms with Gasteiger partial charge >= 0.3 is 0 Å². The fraction of sp³-hybridized carbons (Fsp3) is 0.429. The van der Waals surface area contributed by atoms with Crippen molar-refractivity contribution < 1.29 is 4.43 Å². The van der Waals surface area contributed by atoms with Gasteiger partial charge in [0.25, 0.3) is 8.32 Å². The molecule has 0 radical (unpaired) electrons. The average Bonchev–Trinajstić information content (AvgIpc) is 2.51. The molecule has 1 unspecified atom stereocenters. The Labute approximate surface area is 142 Å². The predicted octanol–water partition coefficient (Wildman–Crippen LogP) is 6.87. The summed E-state index contributed by atoms with van der Waals surface area (Å²) in [6, 6.07) is 13.1. The van der Waals surface area contributed by atoms with Gasteiger partial charge in [0.05, 0.1) is 0 Å². The first-order chi connectivity index (χ1) is 10.8. The fourth-order valence-corrected chi connectivity index (χ4v) is 8.84. The van der Waals surface area contributed by atoms with Crippen molar-refractivity contribution in [3.63, 3.8) is 0 Å². The largest absolute Gasteiger partial charge is 0.542 e. The molecule has 2 heteroatoms. The van der Waals surface area contributed by atoms with E-state index in [0.717, 1.165) is 5.75 Å². The number of fused-ring (bicyclic) bond motifs is 1. The second-order valence-corrected chi connectivity index (χ2v) is 12.4. The summed E-state index contributed by atoms with van der Waals surface area (Å²) in [6.07, 6.45) is 2.08. The minimum absolute atomic E-state index is 0.413. The lowest BCUT2D eigenvalue weighted by Gasteiger charge is -2.42. The highest BCUT2D eigenvalue weighted by molar-refractivity contribution is 6.78. The Morgan fingerprint density at radius 3 is 2.04 bits per heavy atom. The van der Waals surface area contributed by atoms with E-state index < -0.39 is 8.32 Å². The molecule has 1 nitrogen and oxygen atoms in total. The molecule has 0 bridgehead atoms. The standard InChI is InChI=1S/C21H30OSi/c1-8-18(7)23(15(2)3,16(4)5)22-21-12-11-19-13-17(6)9-10-20(19)14-21/h8-16,18H,1H2,2-7H3. The molecule has 0 saturated carbocycles. The van der Waals surface area contributed by atoms with E-state index in [1.54, 1.807) is 0 Å². The third kappa shape index (κ3) is 3.37. The van der Waals surface area contributed by atoms with Crippen LogP contribution in [0, 0.1) is 6.92 Å². The Kier molecular flexibility index (Phi) is 5.36. The minimum atomic E-state index is -2.01. The molecule has 0 saturated heterocycles. The zero-order chi connectivity index (χ0) is 17.2. The molecule has 0 aliphatic heterocycles. The number of hydrogen-bond acceptors (Lipinski definition) is 1. The van der Waals surface area contributed by atoms with Gasteiger partial charge in [-0.1, -0.05) is 70.5 Å². The summed E-state index contributed by atoms with van der Waals surface area (Å²) in [7, 11) is -2.01. The molecule has 2 rings (SSSR count). The zero-order valence-electron chi connectivity index (χ0n) is 15.4. The first kappa shape index (κ1) is 17.8. The van der Waals surface area contributed by atoms with Gasteiger partial charge in [0.1, 0.15) is 5.75 Å². The Hall–Kier alpha value is -1.54. The van der Waals surface area contributed by atoms with Crippen LogP contribution in [0.2, 0.25) is 16.6 Å². The van der Waals surface area contributed by atoms with E-state index in [1.807, 2.05) is 0 Å². The van der Waals surface area contributed by atoms with Crippen LogP contribution >= 0.6 is 0 Å². The maximum absolute atomic E-state index is 6.78. The van der Waals surface area contributed by atoms with E-state index in [2.05, 4.69) is 90.6 Å². The van der Waals surface area contributed by atoms with Gasteiger partial charge < -0.3 is 4.43 Å². The van der Waals surface area contributed by atoms with E-state index in [-0.39, 0.29) is 0 Å². The fourth-order valence-electron chi connectivity index (χ4n) is 3.84. The second-order valence-electron chi connectivity index (χ2n) is 7.30. The summed E-state index contributed by atoms with van der Waals surface area (Å²) in [5, 5.41) is 2.52. The minimum Gasteiger partial charge on any atom is -0.542 e. The molecule has 0 amide bonds. The van der Waals surface area contributed by atoms with Gasteiger partial charge in [0, 0.05) is 5.54 Å². The van der Waals surface area contributed by atoms with Crippen molar-refractivity contribution in [3.8, 4) is 5.75 Å². The average molecular weight is 327 g/mol. The molecular weight excluding hydrogens is 296 g/mol. The molecule has 23 heavy (non-hydrogen) atoms. The van der Waals surface area contributed by atoms with Gasteiger partial charge in [-0.25, -0.2) is 0 Å². The number of allylic oxidation sites excluding steroid dienone is 1. The van der Waals surface area contributed by atoms with Crippen LogP contribution in [0.5, 0.6) is 5.75 Å². The molecule has 0 aliphatic rings. The highest BCUT2D eigenvalue weighted by Crippen LogP contribution is 2.43. The van der Waals surface area contributed by atoms with Crippen LogP contribution in [-0.4, -0.2) is 8.32 Å². The van der Waals surface area contributed by atoms with Crippen LogP contribution in [0.3, 0.4) is 0 Å². The number of rotatable bonds is 6. The Balaban J connectivity index is 2.47. The number of aryl methyl sites for hydroxylation is 1. The lowest BCUT2D eigenvalue weighted by molar-refractivity contribution is 0.487. The van der Waals surface area contributed by atoms with Gasteiger partial charge in [0.2, 0.25) is 0 Å². The van der Waals surface area contributed by atoms with Crippen LogP contribution in [0.1, 0.15) is 40.2 Å². The van der Waals surface area contributed by atoms with E-state index >= 15 is 0 Å². The summed E-state index contributed by atoms with van der Waals surface area (Å²) in [5.41, 5.74) is 2.77. The molecule has 0 aliphatic carbocycles. The van der Waals surface area contributed by atoms with E-state index in [4.69, 9.17) is 4.43 Å². The van der Waals surface area contributed by atoms with E-state index in [1.165, 1.54) is 16.3 Å². The Morgan fingerprint density at radius 1 is 0.913 bits per heavy atom. The Bertz CT molecular complexity index is 679. The summed E-state index contributed by atoms with van der Waals surface area (Å²) in [4.78, 5) is 0. The van der Waals surface area contributed by atoms with Gasteiger partial charge in [-0.05, 0) is 40.9 Å². The van der Waals surface area contributed by atoms with Crippen LogP contribution in [0.15, 0.2) is 49.1 Å².